The van der Waals surface area contributed by atoms with Crippen molar-refractivity contribution in [2.45, 2.75) is 51.1 Å². The van der Waals surface area contributed by atoms with Gasteiger partial charge in [0.2, 0.25) is 0 Å². The maximum Gasteiger partial charge on any atom is 0.145 e. The van der Waals surface area contributed by atoms with Gasteiger partial charge in [0, 0.05) is 18.8 Å². The molecule has 3 nitrogen and oxygen atoms in total. The van der Waals surface area contributed by atoms with E-state index < -0.39 is 0 Å². The molecule has 0 saturated heterocycles. The van der Waals surface area contributed by atoms with Gasteiger partial charge in [-0.2, -0.15) is 0 Å². The fraction of sp³-hybridized carbons (Fsp3) is 0.533. The molecule has 3 rings (SSSR count). The number of nitrogens with one attached hydrogen (secondary N) is 1. The molecule has 0 spiro atoms. The molecule has 4 heteroatoms. The van der Waals surface area contributed by atoms with E-state index in [2.05, 4.69) is 10.3 Å². The normalized spacial score (nSPS) is 17.5. The van der Waals surface area contributed by atoms with E-state index in [1.165, 1.54) is 38.5 Å². The van der Waals surface area contributed by atoms with Crippen LogP contribution in [0.5, 0.6) is 0 Å². The summed E-state index contributed by atoms with van der Waals surface area (Å²) in [6, 6.07) is 4.58. The molecule has 102 valence electrons. The fourth-order valence-electron chi connectivity index (χ4n) is 2.64. The second-order valence-electron chi connectivity index (χ2n) is 5.16. The zero-order chi connectivity index (χ0) is 12.9. The lowest BCUT2D eigenvalue weighted by atomic mass is 10.1. The van der Waals surface area contributed by atoms with Gasteiger partial charge in [0.05, 0.1) is 11.1 Å². The van der Waals surface area contributed by atoms with Crippen molar-refractivity contribution in [3.05, 3.63) is 29.6 Å². The third-order valence-corrected chi connectivity index (χ3v) is 4.73. The molecular formula is C15H20N2OS. The van der Waals surface area contributed by atoms with Gasteiger partial charge in [0.25, 0.3) is 0 Å². The molecule has 19 heavy (non-hydrogen) atoms. The van der Waals surface area contributed by atoms with Crippen molar-refractivity contribution in [3.63, 3.8) is 0 Å². The van der Waals surface area contributed by atoms with E-state index in [1.54, 1.807) is 17.6 Å². The Bertz CT molecular complexity index is 484. The summed E-state index contributed by atoms with van der Waals surface area (Å²) < 4.78 is 5.39. The Labute approximate surface area is 118 Å². The third-order valence-electron chi connectivity index (χ3n) is 3.71. The van der Waals surface area contributed by atoms with E-state index in [0.717, 1.165) is 22.2 Å². The standard InChI is InChI=1S/C15H20N2OS/c1-2-4-7-12(6-3-1)16-11-15-17-10-14(19-15)13-8-5-9-18-13/h5,8-10,12,16H,1-4,6-7,11H2. The van der Waals surface area contributed by atoms with Gasteiger partial charge < -0.3 is 9.73 Å². The molecule has 1 N–H and O–H groups in total. The molecule has 0 atom stereocenters. The number of thiazole rings is 1. The Kier molecular flexibility index (Phi) is 4.30. The van der Waals surface area contributed by atoms with Gasteiger partial charge in [-0.05, 0) is 25.0 Å². The highest BCUT2D eigenvalue weighted by Crippen LogP contribution is 2.26. The lowest BCUT2D eigenvalue weighted by Gasteiger charge is -2.14. The molecule has 0 unspecified atom stereocenters. The van der Waals surface area contributed by atoms with Crippen molar-refractivity contribution < 1.29 is 4.42 Å². The van der Waals surface area contributed by atoms with Crippen LogP contribution in [-0.4, -0.2) is 11.0 Å². The first-order valence-electron chi connectivity index (χ1n) is 7.14. The minimum Gasteiger partial charge on any atom is -0.463 e. The van der Waals surface area contributed by atoms with Crippen molar-refractivity contribution in [1.82, 2.24) is 10.3 Å². The van der Waals surface area contributed by atoms with Crippen LogP contribution in [0.1, 0.15) is 43.5 Å². The fourth-order valence-corrected chi connectivity index (χ4v) is 3.48. The monoisotopic (exact) mass is 276 g/mol. The number of nitrogens with zero attached hydrogens (tertiary/aromatic N) is 1. The molecular weight excluding hydrogens is 256 g/mol. The van der Waals surface area contributed by atoms with Crippen LogP contribution in [0.25, 0.3) is 10.6 Å². The molecule has 1 aliphatic carbocycles. The van der Waals surface area contributed by atoms with Crippen LogP contribution in [0.2, 0.25) is 0 Å². The molecule has 2 aromatic rings. The molecule has 0 bridgehead atoms. The second-order valence-corrected chi connectivity index (χ2v) is 6.28. The summed E-state index contributed by atoms with van der Waals surface area (Å²) in [6.45, 7) is 0.885. The predicted molar refractivity (Wildman–Crippen MR) is 78.1 cm³/mol. The van der Waals surface area contributed by atoms with Gasteiger partial charge >= 0.3 is 0 Å². The number of hydrogen-bond acceptors (Lipinski definition) is 4. The van der Waals surface area contributed by atoms with Crippen molar-refractivity contribution in [2.75, 3.05) is 0 Å². The van der Waals surface area contributed by atoms with Crippen LogP contribution < -0.4 is 5.32 Å². The molecule has 2 aromatic heterocycles. The highest BCUT2D eigenvalue weighted by Gasteiger charge is 2.13. The van der Waals surface area contributed by atoms with Crippen molar-refractivity contribution in [2.24, 2.45) is 0 Å². The van der Waals surface area contributed by atoms with Crippen LogP contribution >= 0.6 is 11.3 Å². The number of aromatic nitrogens is 1. The zero-order valence-electron chi connectivity index (χ0n) is 11.1. The van der Waals surface area contributed by atoms with Gasteiger partial charge in [0.15, 0.2) is 0 Å². The average molecular weight is 276 g/mol. The van der Waals surface area contributed by atoms with Crippen LogP contribution in [0, 0.1) is 0 Å². The zero-order valence-corrected chi connectivity index (χ0v) is 11.9. The lowest BCUT2D eigenvalue weighted by molar-refractivity contribution is 0.458. The molecule has 0 aromatic carbocycles. The van der Waals surface area contributed by atoms with Gasteiger partial charge in [-0.15, -0.1) is 11.3 Å². The van der Waals surface area contributed by atoms with Gasteiger partial charge in [-0.1, -0.05) is 25.7 Å². The molecule has 0 radical (unpaired) electrons. The average Bonchev–Trinajstić information content (AvgIpc) is 3.04. The first kappa shape index (κ1) is 12.9. The SMILES string of the molecule is c1coc(-c2cnc(CNC3CCCCCC3)s2)c1. The van der Waals surface area contributed by atoms with Gasteiger partial charge in [-0.3, -0.25) is 0 Å². The topological polar surface area (TPSA) is 38.1 Å². The van der Waals surface area contributed by atoms with Crippen molar-refractivity contribution in [3.8, 4) is 10.6 Å². The van der Waals surface area contributed by atoms with E-state index in [9.17, 15) is 0 Å². The van der Waals surface area contributed by atoms with E-state index in [-0.39, 0.29) is 0 Å². The summed E-state index contributed by atoms with van der Waals surface area (Å²) in [5.41, 5.74) is 0. The van der Waals surface area contributed by atoms with Gasteiger partial charge in [0.1, 0.15) is 10.8 Å². The molecule has 1 saturated carbocycles. The van der Waals surface area contributed by atoms with E-state index in [0.29, 0.717) is 6.04 Å². The Morgan fingerprint density at radius 2 is 2.11 bits per heavy atom. The largest absolute Gasteiger partial charge is 0.463 e. The Hall–Kier alpha value is -1.13. The number of rotatable bonds is 4. The molecule has 2 heterocycles. The van der Waals surface area contributed by atoms with E-state index in [4.69, 9.17) is 4.42 Å². The van der Waals surface area contributed by atoms with Gasteiger partial charge in [-0.25, -0.2) is 4.98 Å². The summed E-state index contributed by atoms with van der Waals surface area (Å²) in [6.07, 6.45) is 11.8. The minimum atomic E-state index is 0.679. The highest BCUT2D eigenvalue weighted by molar-refractivity contribution is 7.15. The molecule has 1 aliphatic rings. The van der Waals surface area contributed by atoms with Crippen molar-refractivity contribution in [1.29, 1.82) is 0 Å². The number of hydrogen-bond donors (Lipinski definition) is 1. The summed E-state index contributed by atoms with van der Waals surface area (Å²) in [5.74, 6) is 0.915. The molecule has 1 fully saturated rings. The van der Waals surface area contributed by atoms with Crippen LogP contribution in [-0.2, 0) is 6.54 Å². The van der Waals surface area contributed by atoms with Crippen LogP contribution in [0.3, 0.4) is 0 Å². The maximum absolute atomic E-state index is 5.39. The molecule has 0 aliphatic heterocycles. The summed E-state index contributed by atoms with van der Waals surface area (Å²) >= 11 is 1.72. The highest BCUT2D eigenvalue weighted by atomic mass is 32.1. The van der Waals surface area contributed by atoms with E-state index in [1.807, 2.05) is 18.3 Å². The summed E-state index contributed by atoms with van der Waals surface area (Å²) in [7, 11) is 0. The quantitative estimate of drug-likeness (QED) is 0.850. The third kappa shape index (κ3) is 3.45. The predicted octanol–water partition coefficient (Wildman–Crippen LogP) is 4.22. The number of furan rings is 1. The van der Waals surface area contributed by atoms with Crippen molar-refractivity contribution >= 4 is 11.3 Å². The van der Waals surface area contributed by atoms with E-state index >= 15 is 0 Å². The summed E-state index contributed by atoms with van der Waals surface area (Å²) in [4.78, 5) is 5.59. The molecule has 0 amide bonds. The van der Waals surface area contributed by atoms with Crippen LogP contribution in [0.15, 0.2) is 29.0 Å². The van der Waals surface area contributed by atoms with Crippen LogP contribution in [0.4, 0.5) is 0 Å². The first-order chi connectivity index (χ1) is 9.42. The smallest absolute Gasteiger partial charge is 0.145 e. The Morgan fingerprint density at radius 1 is 1.26 bits per heavy atom. The minimum absolute atomic E-state index is 0.679. The Morgan fingerprint density at radius 3 is 2.84 bits per heavy atom. The lowest BCUT2D eigenvalue weighted by Crippen LogP contribution is -2.27. The summed E-state index contributed by atoms with van der Waals surface area (Å²) in [5, 5.41) is 4.80. The maximum atomic E-state index is 5.39. The first-order valence-corrected chi connectivity index (χ1v) is 7.95. The Balaban J connectivity index is 1.55. The second kappa shape index (κ2) is 6.35.